The molecule has 0 fully saturated rings. The van der Waals surface area contributed by atoms with Gasteiger partial charge in [0.25, 0.3) is 0 Å². The maximum Gasteiger partial charge on any atom is 0.762 e. The van der Waals surface area contributed by atoms with Crippen molar-refractivity contribution in [3.63, 3.8) is 0 Å². The van der Waals surface area contributed by atoms with Gasteiger partial charge in [-0.15, -0.1) is 0 Å². The van der Waals surface area contributed by atoms with E-state index in [1.54, 1.807) is 0 Å². The number of nitrogens with zero attached hydrogens (tertiary/aromatic N) is 2. The standard InChI is InChI=1S/C31H36N2.BF3.FH/c1-30(2,3)19-32-21-33(20-31(4,5)6)27-18-16-23-12-8-10-14-25(23)29(27)28-24-13-9-7-11-22(24)15-17-26(28)32;2-1(3)4;/h7-18H,19-21H2,1-6H3;;1H/p-1. The van der Waals surface area contributed by atoms with Crippen LogP contribution >= 0.6 is 0 Å². The molecular formula is C31H36BF4N2-. The van der Waals surface area contributed by atoms with Crippen LogP contribution in [0, 0.1) is 10.8 Å². The minimum atomic E-state index is -3.67. The molecule has 4 aromatic carbocycles. The number of rotatable bonds is 2. The molecule has 0 N–H and O–H groups in total. The Morgan fingerprint density at radius 2 is 0.947 bits per heavy atom. The molecule has 38 heavy (non-hydrogen) atoms. The molecular weight excluding hydrogens is 487 g/mol. The van der Waals surface area contributed by atoms with Crippen LogP contribution in [0.5, 0.6) is 0 Å². The van der Waals surface area contributed by atoms with Crippen LogP contribution in [0.2, 0.25) is 0 Å². The van der Waals surface area contributed by atoms with Crippen molar-refractivity contribution in [2.24, 2.45) is 10.8 Å². The van der Waals surface area contributed by atoms with Gasteiger partial charge in [0, 0.05) is 35.6 Å². The fraction of sp³-hybridized carbons (Fsp3) is 0.355. The average molecular weight is 523 g/mol. The van der Waals surface area contributed by atoms with Crippen LogP contribution < -0.4 is 14.5 Å². The van der Waals surface area contributed by atoms with Crippen LogP contribution in [0.1, 0.15) is 41.5 Å². The van der Waals surface area contributed by atoms with Gasteiger partial charge in [0.2, 0.25) is 0 Å². The van der Waals surface area contributed by atoms with Crippen molar-refractivity contribution in [1.82, 2.24) is 0 Å². The van der Waals surface area contributed by atoms with Crippen LogP contribution in [0.3, 0.4) is 0 Å². The summed E-state index contributed by atoms with van der Waals surface area (Å²) in [5.74, 6) is 0. The summed E-state index contributed by atoms with van der Waals surface area (Å²) in [6.07, 6.45) is 0. The Labute approximate surface area is 224 Å². The maximum atomic E-state index is 9.67. The number of hydrogen-bond acceptors (Lipinski definition) is 2. The molecule has 0 saturated carbocycles. The number of benzene rings is 4. The lowest BCUT2D eigenvalue weighted by Gasteiger charge is -2.38. The third-order valence-electron chi connectivity index (χ3n) is 6.42. The summed E-state index contributed by atoms with van der Waals surface area (Å²) in [4.78, 5) is 5.23. The molecule has 0 atom stereocenters. The average Bonchev–Trinajstić information content (AvgIpc) is 2.91. The Hall–Kier alpha value is -3.22. The van der Waals surface area contributed by atoms with Gasteiger partial charge in [-0.3, -0.25) is 12.9 Å². The Morgan fingerprint density at radius 3 is 1.29 bits per heavy atom. The van der Waals surface area contributed by atoms with Gasteiger partial charge < -0.3 is 14.5 Å². The van der Waals surface area contributed by atoms with Crippen molar-refractivity contribution >= 4 is 40.5 Å². The molecule has 1 aliphatic heterocycles. The van der Waals surface area contributed by atoms with E-state index in [0.717, 1.165) is 19.8 Å². The zero-order valence-corrected chi connectivity index (χ0v) is 23.0. The number of anilines is 2. The van der Waals surface area contributed by atoms with Crippen LogP contribution in [0.4, 0.5) is 24.3 Å². The molecule has 0 radical (unpaired) electrons. The van der Waals surface area contributed by atoms with Crippen molar-refractivity contribution in [1.29, 1.82) is 0 Å². The van der Waals surface area contributed by atoms with E-state index >= 15 is 0 Å². The first-order valence-electron chi connectivity index (χ1n) is 12.8. The summed E-state index contributed by atoms with van der Waals surface area (Å²) in [7, 11) is -3.67. The van der Waals surface area contributed by atoms with E-state index in [9.17, 15) is 12.9 Å². The van der Waals surface area contributed by atoms with E-state index in [1.807, 2.05) is 0 Å². The summed E-state index contributed by atoms with van der Waals surface area (Å²) in [6, 6.07) is 27.1. The highest BCUT2D eigenvalue weighted by Crippen LogP contribution is 2.48. The number of halogens is 4. The third-order valence-corrected chi connectivity index (χ3v) is 6.42. The highest BCUT2D eigenvalue weighted by atomic mass is 19.4. The minimum absolute atomic E-state index is 0. The molecule has 0 spiro atoms. The molecule has 0 saturated heterocycles. The van der Waals surface area contributed by atoms with E-state index < -0.39 is 7.54 Å². The highest BCUT2D eigenvalue weighted by molar-refractivity contribution is 6.33. The SMILES string of the molecule is CC(C)(C)CN1CN(CC(C)(C)C)c2ccc3ccccc3c2-c2c1ccc1ccccc21.FB(F)F.[F-]. The number of hydrogen-bond donors (Lipinski definition) is 0. The molecule has 0 amide bonds. The predicted octanol–water partition coefficient (Wildman–Crippen LogP) is 6.22. The molecule has 7 heteroatoms. The van der Waals surface area contributed by atoms with E-state index in [4.69, 9.17) is 0 Å². The largest absolute Gasteiger partial charge is 1.00 e. The number of fused-ring (bicyclic) bond motifs is 7. The maximum absolute atomic E-state index is 9.67. The smallest absolute Gasteiger partial charge is 0.762 e. The second kappa shape index (κ2) is 11.3. The molecule has 0 bridgehead atoms. The van der Waals surface area contributed by atoms with Gasteiger partial charge in [-0.05, 0) is 44.5 Å². The zero-order valence-electron chi connectivity index (χ0n) is 23.0. The fourth-order valence-electron chi connectivity index (χ4n) is 5.35. The first-order valence-corrected chi connectivity index (χ1v) is 12.8. The molecule has 0 unspecified atom stereocenters. The Kier molecular flexibility index (Phi) is 8.70. The van der Waals surface area contributed by atoms with Crippen LogP contribution in [0.15, 0.2) is 72.8 Å². The Morgan fingerprint density at radius 1 is 0.605 bits per heavy atom. The Bertz CT molecular complexity index is 1290. The first-order chi connectivity index (χ1) is 17.3. The van der Waals surface area contributed by atoms with Crippen LogP contribution in [-0.2, 0) is 0 Å². The monoisotopic (exact) mass is 523 g/mol. The molecule has 5 rings (SSSR count). The van der Waals surface area contributed by atoms with Gasteiger partial charge in [0.1, 0.15) is 0 Å². The lowest BCUT2D eigenvalue weighted by Crippen LogP contribution is -3.00. The van der Waals surface area contributed by atoms with Gasteiger partial charge in [-0.1, -0.05) is 102 Å². The van der Waals surface area contributed by atoms with Gasteiger partial charge in [-0.25, -0.2) is 0 Å². The lowest BCUT2D eigenvalue weighted by atomic mass is 9.89. The second-order valence-electron chi connectivity index (χ2n) is 12.3. The van der Waals surface area contributed by atoms with E-state index in [2.05, 4.69) is 124 Å². The molecule has 1 aliphatic rings. The second-order valence-corrected chi connectivity index (χ2v) is 12.3. The van der Waals surface area contributed by atoms with Gasteiger partial charge in [0.15, 0.2) is 0 Å². The zero-order chi connectivity index (χ0) is 27.0. The first kappa shape index (κ1) is 29.3. The summed E-state index contributed by atoms with van der Waals surface area (Å²) < 4.78 is 29.0. The normalized spacial score (nSPS) is 13.2. The van der Waals surface area contributed by atoms with Crippen molar-refractivity contribution in [3.8, 4) is 11.1 Å². The summed E-state index contributed by atoms with van der Waals surface area (Å²) in [6.45, 7) is 17.0. The third kappa shape index (κ3) is 6.61. The fourth-order valence-corrected chi connectivity index (χ4v) is 5.35. The molecule has 0 aromatic heterocycles. The Balaban J connectivity index is 0.000000749. The predicted molar refractivity (Wildman–Crippen MR) is 154 cm³/mol. The van der Waals surface area contributed by atoms with Gasteiger partial charge in [-0.2, -0.15) is 0 Å². The van der Waals surface area contributed by atoms with Crippen molar-refractivity contribution < 1.29 is 17.7 Å². The minimum Gasteiger partial charge on any atom is -1.00 e. The van der Waals surface area contributed by atoms with Gasteiger partial charge >= 0.3 is 7.54 Å². The van der Waals surface area contributed by atoms with E-state index in [0.29, 0.717) is 0 Å². The van der Waals surface area contributed by atoms with Crippen molar-refractivity contribution in [2.45, 2.75) is 41.5 Å². The summed E-state index contributed by atoms with van der Waals surface area (Å²) in [5, 5.41) is 5.28. The molecule has 4 aromatic rings. The molecule has 1 heterocycles. The van der Waals surface area contributed by atoms with E-state index in [-0.39, 0.29) is 15.5 Å². The topological polar surface area (TPSA) is 6.48 Å². The van der Waals surface area contributed by atoms with E-state index in [1.165, 1.54) is 44.0 Å². The van der Waals surface area contributed by atoms with Crippen molar-refractivity contribution in [2.75, 3.05) is 29.6 Å². The summed E-state index contributed by atoms with van der Waals surface area (Å²) >= 11 is 0. The molecule has 2 nitrogen and oxygen atoms in total. The molecule has 0 aliphatic carbocycles. The highest BCUT2D eigenvalue weighted by Gasteiger charge is 2.31. The lowest BCUT2D eigenvalue weighted by molar-refractivity contribution is -0.0000115. The molecule has 202 valence electrons. The summed E-state index contributed by atoms with van der Waals surface area (Å²) in [5.41, 5.74) is 5.82. The van der Waals surface area contributed by atoms with Crippen molar-refractivity contribution in [3.05, 3.63) is 72.8 Å². The quantitative estimate of drug-likeness (QED) is 0.228. The van der Waals surface area contributed by atoms with Gasteiger partial charge in [0.05, 0.1) is 6.67 Å². The van der Waals surface area contributed by atoms with Crippen LogP contribution in [-0.4, -0.2) is 27.3 Å². The van der Waals surface area contributed by atoms with Crippen LogP contribution in [0.25, 0.3) is 32.7 Å².